The quantitative estimate of drug-likeness (QED) is 0.0337. The van der Waals surface area contributed by atoms with Crippen LogP contribution in [0.5, 0.6) is 0 Å². The number of rotatable bonds is 26. The maximum atomic E-state index is 15.4. The second kappa shape index (κ2) is 24.7. The number of pyridine rings is 1. The van der Waals surface area contributed by atoms with E-state index in [2.05, 4.69) is 10.6 Å². The van der Waals surface area contributed by atoms with Crippen LogP contribution in [0.3, 0.4) is 0 Å². The number of unbranched alkanes of at least 4 members (excludes halogenated alkanes) is 3. The van der Waals surface area contributed by atoms with E-state index in [1.165, 1.54) is 6.20 Å². The minimum absolute atomic E-state index is 0.00470. The number of benzene rings is 2. The van der Waals surface area contributed by atoms with Crippen molar-refractivity contribution in [3.8, 4) is 0 Å². The van der Waals surface area contributed by atoms with E-state index < -0.39 is 28.8 Å². The highest BCUT2D eigenvalue weighted by Gasteiger charge is 2.24. The van der Waals surface area contributed by atoms with Gasteiger partial charge in [0.25, 0.3) is 0 Å². The fourth-order valence-electron chi connectivity index (χ4n) is 7.34. The number of carboxylic acid groups (broad SMARTS) is 1. The van der Waals surface area contributed by atoms with Crippen molar-refractivity contribution in [3.63, 3.8) is 0 Å². The molecule has 1 saturated heterocycles. The molecule has 0 saturated carbocycles. The Hall–Kier alpha value is -4.91. The zero-order valence-corrected chi connectivity index (χ0v) is 36.9. The molecule has 4 rings (SSSR count). The molecule has 342 valence electrons. The first-order valence-electron chi connectivity index (χ1n) is 22.0. The van der Waals surface area contributed by atoms with E-state index in [9.17, 15) is 24.3 Å². The summed E-state index contributed by atoms with van der Waals surface area (Å²) in [4.78, 5) is 58.4. The number of hydrogen-bond donors (Lipinski definition) is 7. The number of ketones is 1. The second-order valence-corrected chi connectivity index (χ2v) is 16.6. The van der Waals surface area contributed by atoms with Crippen LogP contribution < -0.4 is 44.0 Å². The largest absolute Gasteiger partial charge is 0.477 e. The van der Waals surface area contributed by atoms with Crippen LogP contribution >= 0.6 is 0 Å². The van der Waals surface area contributed by atoms with E-state index in [0.29, 0.717) is 101 Å². The highest BCUT2D eigenvalue weighted by atomic mass is 19.1. The number of aryl methyl sites for hydroxylation is 1. The number of Topliss-reactive ketones (excluding diaryl/α,β-unsaturated/α-hetero) is 1. The van der Waals surface area contributed by atoms with E-state index in [1.54, 1.807) is 21.8 Å². The van der Waals surface area contributed by atoms with Gasteiger partial charge in [-0.3, -0.25) is 25.1 Å². The topological polar surface area (TPSA) is 241 Å². The molecule has 0 spiro atoms. The normalized spacial score (nSPS) is 15.3. The predicted octanol–water partition coefficient (Wildman–Crippen LogP) is 4.40. The summed E-state index contributed by atoms with van der Waals surface area (Å²) >= 11 is 0. The molecule has 1 aromatic heterocycles. The summed E-state index contributed by atoms with van der Waals surface area (Å²) in [5, 5.41) is 19.2. The number of halogens is 1. The first-order valence-corrected chi connectivity index (χ1v) is 22.0. The monoisotopic (exact) mass is 865 g/mol. The minimum atomic E-state index is -1.35. The molecule has 17 heteroatoms. The van der Waals surface area contributed by atoms with Crippen molar-refractivity contribution in [2.24, 2.45) is 29.0 Å². The lowest BCUT2D eigenvalue weighted by Crippen LogP contribution is -2.46. The lowest BCUT2D eigenvalue weighted by Gasteiger charge is -2.35. The standard InChI is InChI=1S/C45H69FN10O6/c1-5-53-28-36(45(60)61)43(58)35-25-37(46)41(26-40(35)53)54-21-23-55(24-22-54)62-29-32-14-16-33(17-15-32)52-44(59)39(51-27-38(48)42(49)30(2)3)12-10-20-56(50)31(4)13-18-34(57)11-8-6-7-9-19-47/h14-17,25-28,30-31,39,42,51H,5-13,18-24,29,47-50H2,1-4H3,(H,52,59)(H,60,61)/b38-27-/t31?,39-,42-/m0/s1. The number of aromatic nitrogens is 1. The molecule has 1 fully saturated rings. The molecule has 1 aliphatic rings. The summed E-state index contributed by atoms with van der Waals surface area (Å²) in [5.74, 6) is 4.58. The van der Waals surface area contributed by atoms with Crippen molar-refractivity contribution in [2.45, 2.75) is 117 Å². The number of hydrogen-bond acceptors (Lipinski definition) is 13. The smallest absolute Gasteiger partial charge is 0.341 e. The van der Waals surface area contributed by atoms with Gasteiger partial charge in [0, 0.05) is 93.4 Å². The highest BCUT2D eigenvalue weighted by molar-refractivity contribution is 5.95. The number of carbonyl (C=O) groups is 3. The first-order chi connectivity index (χ1) is 29.6. The van der Waals surface area contributed by atoms with Gasteiger partial charge in [0.1, 0.15) is 23.2 Å². The van der Waals surface area contributed by atoms with Crippen LogP contribution in [0.1, 0.15) is 101 Å². The number of amides is 1. The molecule has 0 bridgehead atoms. The fraction of sp³-hybridized carbons (Fsp3) is 0.556. The number of hydrazine groups is 1. The number of aromatic carboxylic acids is 1. The van der Waals surface area contributed by atoms with Crippen LogP contribution in [0.2, 0.25) is 0 Å². The molecular weight excluding hydrogens is 796 g/mol. The molecule has 62 heavy (non-hydrogen) atoms. The SMILES string of the molecule is CCn1cc(C(=O)O)c(=O)c2cc(F)c(N3CCN(OCc4ccc(NC(=O)[C@H](CCCN(N)C(C)CCC(=O)CCCCCCN)N/C=C(\N)[C@@H](N)C(C)C)cc4)CC3)cc21. The summed E-state index contributed by atoms with van der Waals surface area (Å²) in [5.41, 5.74) is 19.7. The number of nitrogens with one attached hydrogen (secondary N) is 2. The molecule has 1 unspecified atom stereocenters. The van der Waals surface area contributed by atoms with Crippen LogP contribution in [0.4, 0.5) is 15.8 Å². The van der Waals surface area contributed by atoms with Crippen molar-refractivity contribution in [2.75, 3.05) is 49.5 Å². The Labute approximate surface area is 364 Å². The summed E-state index contributed by atoms with van der Waals surface area (Å²) in [7, 11) is 0. The highest BCUT2D eigenvalue weighted by Crippen LogP contribution is 2.27. The average molecular weight is 865 g/mol. The number of carboxylic acids is 1. The van der Waals surface area contributed by atoms with E-state index in [0.717, 1.165) is 37.3 Å². The Morgan fingerprint density at radius 1 is 0.984 bits per heavy atom. The van der Waals surface area contributed by atoms with E-state index in [1.807, 2.05) is 61.9 Å². The molecule has 2 heterocycles. The molecule has 0 aliphatic carbocycles. The van der Waals surface area contributed by atoms with Gasteiger partial charge in [0.05, 0.1) is 17.8 Å². The third-order valence-corrected chi connectivity index (χ3v) is 11.5. The van der Waals surface area contributed by atoms with Gasteiger partial charge in [-0.05, 0) is 88.2 Å². The van der Waals surface area contributed by atoms with Crippen molar-refractivity contribution < 1.29 is 28.7 Å². The van der Waals surface area contributed by atoms with Gasteiger partial charge in [0.2, 0.25) is 11.3 Å². The molecule has 3 aromatic rings. The third kappa shape index (κ3) is 14.6. The van der Waals surface area contributed by atoms with Crippen molar-refractivity contribution >= 4 is 39.9 Å². The number of hydroxylamine groups is 2. The summed E-state index contributed by atoms with van der Waals surface area (Å²) in [6.07, 6.45) is 9.70. The van der Waals surface area contributed by atoms with Crippen molar-refractivity contribution in [1.82, 2.24) is 20.0 Å². The lowest BCUT2D eigenvalue weighted by atomic mass is 10.0. The minimum Gasteiger partial charge on any atom is -0.477 e. The third-order valence-electron chi connectivity index (χ3n) is 11.5. The predicted molar refractivity (Wildman–Crippen MR) is 242 cm³/mol. The number of piperazine rings is 1. The summed E-state index contributed by atoms with van der Waals surface area (Å²) in [6, 6.07) is 9.14. The molecule has 11 N–H and O–H groups in total. The first kappa shape index (κ1) is 49.7. The average Bonchev–Trinajstić information content (AvgIpc) is 3.26. The Morgan fingerprint density at radius 2 is 1.68 bits per heavy atom. The van der Waals surface area contributed by atoms with E-state index >= 15 is 4.39 Å². The van der Waals surface area contributed by atoms with Gasteiger partial charge in [-0.2, -0.15) is 5.06 Å². The zero-order chi connectivity index (χ0) is 45.3. The van der Waals surface area contributed by atoms with E-state index in [-0.39, 0.29) is 41.7 Å². The maximum absolute atomic E-state index is 15.4. The fourth-order valence-corrected chi connectivity index (χ4v) is 7.34. The van der Waals surface area contributed by atoms with Gasteiger partial charge < -0.3 is 42.4 Å². The lowest BCUT2D eigenvalue weighted by molar-refractivity contribution is -0.171. The summed E-state index contributed by atoms with van der Waals surface area (Å²) < 4.78 is 17.0. The van der Waals surface area contributed by atoms with Crippen LogP contribution in [-0.2, 0) is 27.6 Å². The van der Waals surface area contributed by atoms with Gasteiger partial charge >= 0.3 is 5.97 Å². The Kier molecular flexibility index (Phi) is 19.8. The Morgan fingerprint density at radius 3 is 2.32 bits per heavy atom. The molecule has 2 aromatic carbocycles. The maximum Gasteiger partial charge on any atom is 0.341 e. The number of nitrogens with zero attached hydrogens (tertiary/aromatic N) is 4. The van der Waals surface area contributed by atoms with E-state index in [4.69, 9.17) is 27.9 Å². The molecule has 1 aliphatic heterocycles. The van der Waals surface area contributed by atoms with Crippen LogP contribution in [-0.4, -0.2) is 94.8 Å². The number of anilines is 2. The van der Waals surface area contributed by atoms with Crippen molar-refractivity contribution in [3.05, 3.63) is 81.7 Å². The Bertz CT molecular complexity index is 2020. The van der Waals surface area contributed by atoms with Crippen molar-refractivity contribution in [1.29, 1.82) is 0 Å². The summed E-state index contributed by atoms with van der Waals surface area (Å²) in [6.45, 7) is 11.6. The van der Waals surface area contributed by atoms with Crippen LogP contribution in [0, 0.1) is 11.7 Å². The zero-order valence-electron chi connectivity index (χ0n) is 36.9. The second-order valence-electron chi connectivity index (χ2n) is 16.6. The Balaban J connectivity index is 1.28. The van der Waals surface area contributed by atoms with Crippen LogP contribution in [0.25, 0.3) is 10.9 Å². The van der Waals surface area contributed by atoms with Gasteiger partial charge in [-0.25, -0.2) is 14.2 Å². The molecule has 1 amide bonds. The number of fused-ring (bicyclic) bond motifs is 1. The van der Waals surface area contributed by atoms with Crippen LogP contribution in [0.15, 0.2) is 59.3 Å². The van der Waals surface area contributed by atoms with Gasteiger partial charge in [0.15, 0.2) is 0 Å². The molecular formula is C45H69FN10O6. The molecule has 16 nitrogen and oxygen atoms in total. The number of nitrogens with two attached hydrogens (primary N) is 4. The molecule has 3 atom stereocenters. The molecule has 0 radical (unpaired) electrons. The number of carbonyl (C=O) groups excluding carboxylic acids is 2. The van der Waals surface area contributed by atoms with Gasteiger partial charge in [-0.1, -0.05) is 38.8 Å². The van der Waals surface area contributed by atoms with Gasteiger partial charge in [-0.15, -0.1) is 0 Å².